The van der Waals surface area contributed by atoms with Gasteiger partial charge in [0.25, 0.3) is 5.91 Å². The highest BCUT2D eigenvalue weighted by Gasteiger charge is 2.12. The third kappa shape index (κ3) is 5.03. The van der Waals surface area contributed by atoms with E-state index in [0.29, 0.717) is 11.3 Å². The lowest BCUT2D eigenvalue weighted by molar-refractivity contribution is -0.385. The van der Waals surface area contributed by atoms with Gasteiger partial charge in [-0.25, -0.2) is 5.43 Å². The molecule has 130 valence electrons. The molecule has 1 amide bonds. The molecular weight excluding hydrogens is 326 g/mol. The molecule has 0 aliphatic carbocycles. The van der Waals surface area contributed by atoms with Crippen molar-refractivity contribution in [1.82, 2.24) is 5.43 Å². The Morgan fingerprint density at radius 2 is 2.04 bits per heavy atom. The molecule has 0 aliphatic rings. The third-order valence-corrected chi connectivity index (χ3v) is 3.45. The van der Waals surface area contributed by atoms with Crippen molar-refractivity contribution < 1.29 is 19.6 Å². The number of aryl methyl sites for hydroxylation is 2. The quantitative estimate of drug-likeness (QED) is 0.475. The molecule has 0 radical (unpaired) electrons. The summed E-state index contributed by atoms with van der Waals surface area (Å²) in [5.41, 5.74) is 4.38. The number of nitro groups is 1. The van der Waals surface area contributed by atoms with Crippen LogP contribution in [-0.2, 0) is 4.79 Å². The first-order valence-corrected chi connectivity index (χ1v) is 7.36. The molecule has 2 aromatic carbocycles. The van der Waals surface area contributed by atoms with Gasteiger partial charge in [0.05, 0.1) is 11.1 Å². The highest BCUT2D eigenvalue weighted by atomic mass is 16.6. The number of benzene rings is 2. The molecule has 25 heavy (non-hydrogen) atoms. The average molecular weight is 343 g/mol. The first-order chi connectivity index (χ1) is 11.9. The smallest absolute Gasteiger partial charge is 0.311 e. The van der Waals surface area contributed by atoms with Gasteiger partial charge in [-0.1, -0.05) is 6.07 Å². The highest BCUT2D eigenvalue weighted by Crippen LogP contribution is 2.25. The minimum Gasteiger partial charge on any atom is -0.502 e. The van der Waals surface area contributed by atoms with Crippen molar-refractivity contribution in [2.75, 3.05) is 6.61 Å². The number of carbonyl (C=O) groups excluding carboxylic acids is 1. The number of phenolic OH excluding ortho intramolecular Hbond substituents is 1. The molecule has 0 atom stereocenters. The van der Waals surface area contributed by atoms with Crippen LogP contribution < -0.4 is 10.2 Å². The molecule has 0 aromatic heterocycles. The SMILES string of the molecule is Cc1ccc(OCC(=O)N/N=C\c2ccc(O)c([N+](=O)[O-])c2)cc1C. The number of ether oxygens (including phenoxy) is 1. The minimum absolute atomic E-state index is 0.213. The van der Waals surface area contributed by atoms with E-state index >= 15 is 0 Å². The number of hydrogen-bond acceptors (Lipinski definition) is 6. The topological polar surface area (TPSA) is 114 Å². The van der Waals surface area contributed by atoms with Crippen molar-refractivity contribution >= 4 is 17.8 Å². The summed E-state index contributed by atoms with van der Waals surface area (Å²) in [6, 6.07) is 9.28. The van der Waals surface area contributed by atoms with E-state index in [1.807, 2.05) is 26.0 Å². The van der Waals surface area contributed by atoms with Gasteiger partial charge in [-0.3, -0.25) is 14.9 Å². The number of carbonyl (C=O) groups is 1. The summed E-state index contributed by atoms with van der Waals surface area (Å²) in [5, 5.41) is 23.8. The Labute approximate surface area is 143 Å². The summed E-state index contributed by atoms with van der Waals surface area (Å²) >= 11 is 0. The fraction of sp³-hybridized carbons (Fsp3) is 0.176. The van der Waals surface area contributed by atoms with Crippen molar-refractivity contribution in [3.8, 4) is 11.5 Å². The number of rotatable bonds is 6. The molecule has 0 fully saturated rings. The van der Waals surface area contributed by atoms with Crippen LogP contribution in [0.15, 0.2) is 41.5 Å². The summed E-state index contributed by atoms with van der Waals surface area (Å²) in [7, 11) is 0. The van der Waals surface area contributed by atoms with Gasteiger partial charge in [-0.2, -0.15) is 5.10 Å². The molecule has 2 aromatic rings. The van der Waals surface area contributed by atoms with Gasteiger partial charge in [0, 0.05) is 11.6 Å². The molecule has 0 aliphatic heterocycles. The van der Waals surface area contributed by atoms with E-state index in [2.05, 4.69) is 10.5 Å². The first-order valence-electron chi connectivity index (χ1n) is 7.36. The number of aromatic hydroxyl groups is 1. The zero-order valence-electron chi connectivity index (χ0n) is 13.7. The number of hydrazone groups is 1. The van der Waals surface area contributed by atoms with Crippen LogP contribution >= 0.6 is 0 Å². The van der Waals surface area contributed by atoms with Crippen molar-refractivity contribution in [3.05, 3.63) is 63.2 Å². The maximum absolute atomic E-state index is 11.7. The van der Waals surface area contributed by atoms with E-state index in [0.717, 1.165) is 17.2 Å². The Balaban J connectivity index is 1.89. The summed E-state index contributed by atoms with van der Waals surface area (Å²) in [4.78, 5) is 21.7. The normalized spacial score (nSPS) is 10.6. The van der Waals surface area contributed by atoms with E-state index in [-0.39, 0.29) is 6.61 Å². The molecule has 0 spiro atoms. The molecule has 8 nitrogen and oxygen atoms in total. The van der Waals surface area contributed by atoms with Crippen LogP contribution in [0.2, 0.25) is 0 Å². The van der Waals surface area contributed by atoms with E-state index in [1.165, 1.54) is 18.3 Å². The maximum atomic E-state index is 11.7. The van der Waals surface area contributed by atoms with Crippen LogP contribution in [-0.4, -0.2) is 28.8 Å². The average Bonchev–Trinajstić information content (AvgIpc) is 2.57. The number of hydrogen-bond donors (Lipinski definition) is 2. The number of nitrogens with zero attached hydrogens (tertiary/aromatic N) is 2. The predicted molar refractivity (Wildman–Crippen MR) is 91.9 cm³/mol. The fourth-order valence-corrected chi connectivity index (χ4v) is 1.93. The maximum Gasteiger partial charge on any atom is 0.311 e. The lowest BCUT2D eigenvalue weighted by Gasteiger charge is -2.07. The Kier molecular flexibility index (Phi) is 5.67. The van der Waals surface area contributed by atoms with Crippen LogP contribution in [0, 0.1) is 24.0 Å². The molecular formula is C17H17N3O5. The Hall–Kier alpha value is -3.42. The first kappa shape index (κ1) is 17.9. The second kappa shape index (κ2) is 7.91. The van der Waals surface area contributed by atoms with Crippen molar-refractivity contribution in [2.45, 2.75) is 13.8 Å². The van der Waals surface area contributed by atoms with Crippen molar-refractivity contribution in [1.29, 1.82) is 0 Å². The van der Waals surface area contributed by atoms with Gasteiger partial charge in [0.15, 0.2) is 12.4 Å². The van der Waals surface area contributed by atoms with Gasteiger partial charge in [-0.15, -0.1) is 0 Å². The van der Waals surface area contributed by atoms with Gasteiger partial charge >= 0.3 is 5.69 Å². The number of nitrogens with one attached hydrogen (secondary N) is 1. The number of nitro benzene ring substituents is 1. The summed E-state index contributed by atoms with van der Waals surface area (Å²) < 4.78 is 5.36. The zero-order chi connectivity index (χ0) is 18.4. The molecule has 0 saturated heterocycles. The van der Waals surface area contributed by atoms with Crippen LogP contribution in [0.3, 0.4) is 0 Å². The summed E-state index contributed by atoms with van der Waals surface area (Å²) in [6.07, 6.45) is 1.24. The van der Waals surface area contributed by atoms with Crippen LogP contribution in [0.5, 0.6) is 11.5 Å². The molecule has 0 unspecified atom stereocenters. The summed E-state index contributed by atoms with van der Waals surface area (Å²) in [5.74, 6) is -0.327. The lowest BCUT2D eigenvalue weighted by Crippen LogP contribution is -2.24. The summed E-state index contributed by atoms with van der Waals surface area (Å²) in [6.45, 7) is 3.72. The van der Waals surface area contributed by atoms with E-state index in [1.54, 1.807) is 6.07 Å². The van der Waals surface area contributed by atoms with E-state index in [9.17, 15) is 20.0 Å². The zero-order valence-corrected chi connectivity index (χ0v) is 13.7. The Bertz CT molecular complexity index is 833. The van der Waals surface area contributed by atoms with Crippen LogP contribution in [0.25, 0.3) is 0 Å². The fourth-order valence-electron chi connectivity index (χ4n) is 1.93. The molecule has 0 heterocycles. The number of amides is 1. The van der Waals surface area contributed by atoms with Crippen LogP contribution in [0.1, 0.15) is 16.7 Å². The van der Waals surface area contributed by atoms with Crippen molar-refractivity contribution in [2.24, 2.45) is 5.10 Å². The van der Waals surface area contributed by atoms with Gasteiger partial charge < -0.3 is 9.84 Å². The predicted octanol–water partition coefficient (Wildman–Crippen LogP) is 2.45. The molecule has 8 heteroatoms. The molecule has 2 rings (SSSR count). The molecule has 0 saturated carbocycles. The lowest BCUT2D eigenvalue weighted by atomic mass is 10.1. The molecule has 2 N–H and O–H groups in total. The number of phenols is 1. The molecule has 0 bridgehead atoms. The highest BCUT2D eigenvalue weighted by molar-refractivity contribution is 5.84. The van der Waals surface area contributed by atoms with Crippen molar-refractivity contribution in [3.63, 3.8) is 0 Å². The van der Waals surface area contributed by atoms with Gasteiger partial charge in [0.2, 0.25) is 0 Å². The Morgan fingerprint density at radius 3 is 2.72 bits per heavy atom. The van der Waals surface area contributed by atoms with E-state index in [4.69, 9.17) is 4.74 Å². The second-order valence-electron chi connectivity index (χ2n) is 5.33. The van der Waals surface area contributed by atoms with E-state index < -0.39 is 22.3 Å². The van der Waals surface area contributed by atoms with Gasteiger partial charge in [0.1, 0.15) is 5.75 Å². The monoisotopic (exact) mass is 343 g/mol. The van der Waals surface area contributed by atoms with Crippen LogP contribution in [0.4, 0.5) is 5.69 Å². The minimum atomic E-state index is -0.706. The van der Waals surface area contributed by atoms with Gasteiger partial charge in [-0.05, 0) is 49.2 Å². The largest absolute Gasteiger partial charge is 0.502 e. The second-order valence-corrected chi connectivity index (χ2v) is 5.33. The third-order valence-electron chi connectivity index (χ3n) is 3.45. The standard InChI is InChI=1S/C17H17N3O5/c1-11-3-5-14(7-12(11)2)25-10-17(22)19-18-9-13-4-6-16(21)15(8-13)20(23)24/h3-9,21H,10H2,1-2H3,(H,19,22)/b18-9-. The Morgan fingerprint density at radius 1 is 1.28 bits per heavy atom.